The van der Waals surface area contributed by atoms with Gasteiger partial charge < -0.3 is 14.4 Å². The topological polar surface area (TPSA) is 116 Å². The Hall–Kier alpha value is -2.33. The third kappa shape index (κ3) is 4.85. The van der Waals surface area contributed by atoms with Crippen molar-refractivity contribution >= 4 is 46.9 Å². The van der Waals surface area contributed by atoms with Crippen molar-refractivity contribution in [3.8, 4) is 0 Å². The summed E-state index contributed by atoms with van der Waals surface area (Å²) in [5, 5.41) is 10.1. The van der Waals surface area contributed by atoms with Gasteiger partial charge in [0.25, 0.3) is 11.6 Å². The number of carbonyl (C=O) groups is 3. The molecule has 0 spiro atoms. The summed E-state index contributed by atoms with van der Waals surface area (Å²) in [5.74, 6) is -1.17. The van der Waals surface area contributed by atoms with E-state index in [1.165, 1.54) is 23.8 Å². The van der Waals surface area contributed by atoms with Gasteiger partial charge in [0.2, 0.25) is 0 Å². The predicted molar refractivity (Wildman–Crippen MR) is 93.2 cm³/mol. The van der Waals surface area contributed by atoms with Gasteiger partial charge in [0, 0.05) is 31.0 Å². The molecular weight excluding hydrogens is 388 g/mol. The lowest BCUT2D eigenvalue weighted by Gasteiger charge is -2.30. The SMILES string of the molecule is COC(=O)[C@@H]1CN(C(=O)COC(=O)c2ccc([N+](=O)[O-])cc2Cl)CCS1. The minimum Gasteiger partial charge on any atom is -0.468 e. The maximum Gasteiger partial charge on any atom is 0.340 e. The lowest BCUT2D eigenvalue weighted by molar-refractivity contribution is -0.384. The van der Waals surface area contributed by atoms with E-state index in [9.17, 15) is 24.5 Å². The molecule has 1 fully saturated rings. The molecule has 11 heteroatoms. The van der Waals surface area contributed by atoms with Gasteiger partial charge in [0.1, 0.15) is 5.25 Å². The Balaban J connectivity index is 1.93. The smallest absolute Gasteiger partial charge is 0.340 e. The third-order valence-corrected chi connectivity index (χ3v) is 5.07. The van der Waals surface area contributed by atoms with Crippen LogP contribution < -0.4 is 0 Å². The number of benzene rings is 1. The Morgan fingerprint density at radius 2 is 2.15 bits per heavy atom. The fourth-order valence-electron chi connectivity index (χ4n) is 2.23. The van der Waals surface area contributed by atoms with Gasteiger partial charge in [-0.15, -0.1) is 11.8 Å². The van der Waals surface area contributed by atoms with E-state index in [1.54, 1.807) is 0 Å². The highest BCUT2D eigenvalue weighted by Crippen LogP contribution is 2.23. The lowest BCUT2D eigenvalue weighted by atomic mass is 10.2. The van der Waals surface area contributed by atoms with Gasteiger partial charge in [-0.3, -0.25) is 19.7 Å². The number of methoxy groups -OCH3 is 1. The summed E-state index contributed by atoms with van der Waals surface area (Å²) >= 11 is 7.24. The molecule has 1 heterocycles. The second kappa shape index (κ2) is 8.86. The normalized spacial score (nSPS) is 16.7. The molecule has 0 aliphatic carbocycles. The number of nitrogens with zero attached hydrogens (tertiary/aromatic N) is 2. The number of halogens is 1. The predicted octanol–water partition coefficient (Wildman–Crippen LogP) is 1.52. The number of rotatable bonds is 5. The highest BCUT2D eigenvalue weighted by Gasteiger charge is 2.30. The molecule has 1 aromatic rings. The van der Waals surface area contributed by atoms with E-state index in [4.69, 9.17) is 16.3 Å². The Bertz CT molecular complexity index is 743. The van der Waals surface area contributed by atoms with Crippen LogP contribution in [0.1, 0.15) is 10.4 Å². The van der Waals surface area contributed by atoms with Crippen LogP contribution in [0.4, 0.5) is 5.69 Å². The maximum atomic E-state index is 12.2. The summed E-state index contributed by atoms with van der Waals surface area (Å²) in [5.41, 5.74) is -0.339. The summed E-state index contributed by atoms with van der Waals surface area (Å²) in [7, 11) is 1.28. The van der Waals surface area contributed by atoms with Gasteiger partial charge in [0.15, 0.2) is 6.61 Å². The average molecular weight is 403 g/mol. The van der Waals surface area contributed by atoms with Gasteiger partial charge in [0.05, 0.1) is 22.6 Å². The molecule has 0 N–H and O–H groups in total. The zero-order chi connectivity index (χ0) is 19.3. The van der Waals surface area contributed by atoms with Crippen molar-refractivity contribution in [1.29, 1.82) is 0 Å². The van der Waals surface area contributed by atoms with Crippen molar-refractivity contribution < 1.29 is 28.8 Å². The van der Waals surface area contributed by atoms with Crippen LogP contribution in [0.25, 0.3) is 0 Å². The molecule has 1 aliphatic rings. The van der Waals surface area contributed by atoms with Crippen LogP contribution >= 0.6 is 23.4 Å². The summed E-state index contributed by atoms with van der Waals surface area (Å²) in [4.78, 5) is 47.2. The number of hydrogen-bond donors (Lipinski definition) is 0. The Morgan fingerprint density at radius 1 is 1.42 bits per heavy atom. The van der Waals surface area contributed by atoms with Gasteiger partial charge in [-0.05, 0) is 6.07 Å². The molecule has 9 nitrogen and oxygen atoms in total. The Labute approximate surface area is 157 Å². The minimum atomic E-state index is -0.867. The second-order valence-electron chi connectivity index (χ2n) is 5.22. The number of thioether (sulfide) groups is 1. The van der Waals surface area contributed by atoms with Crippen molar-refractivity contribution in [1.82, 2.24) is 4.90 Å². The van der Waals surface area contributed by atoms with Crippen LogP contribution in [0.15, 0.2) is 18.2 Å². The van der Waals surface area contributed by atoms with Crippen LogP contribution in [-0.4, -0.2) is 65.5 Å². The molecule has 0 saturated carbocycles. The molecule has 140 valence electrons. The first kappa shape index (κ1) is 20.0. The standard InChI is InChI=1S/C15H15ClN2O7S/c1-24-15(21)12-7-17(4-5-26-12)13(19)8-25-14(20)10-3-2-9(18(22)23)6-11(10)16/h2-3,6,12H,4-5,7-8H2,1H3/t12-/m0/s1. The number of nitro benzene ring substituents is 1. The quantitative estimate of drug-likeness (QED) is 0.413. The maximum absolute atomic E-state index is 12.2. The van der Waals surface area contributed by atoms with E-state index in [2.05, 4.69) is 4.74 Å². The van der Waals surface area contributed by atoms with Crippen LogP contribution in [0.3, 0.4) is 0 Å². The molecule has 0 unspecified atom stereocenters. The molecule has 0 aromatic heterocycles. The highest BCUT2D eigenvalue weighted by atomic mass is 35.5. The summed E-state index contributed by atoms with van der Waals surface area (Å²) < 4.78 is 9.61. The molecular formula is C15H15ClN2O7S. The van der Waals surface area contributed by atoms with Gasteiger partial charge in [-0.25, -0.2) is 4.79 Å². The van der Waals surface area contributed by atoms with Crippen LogP contribution in [0.5, 0.6) is 0 Å². The van der Waals surface area contributed by atoms with Crippen LogP contribution in [0.2, 0.25) is 5.02 Å². The molecule has 1 aromatic carbocycles. The monoisotopic (exact) mass is 402 g/mol. The van der Waals surface area contributed by atoms with E-state index in [0.717, 1.165) is 18.2 Å². The molecule has 1 aliphatic heterocycles. The number of hydrogen-bond acceptors (Lipinski definition) is 8. The zero-order valence-electron chi connectivity index (χ0n) is 13.7. The second-order valence-corrected chi connectivity index (χ2v) is 6.94. The first-order valence-corrected chi connectivity index (χ1v) is 8.84. The third-order valence-electron chi connectivity index (χ3n) is 3.59. The van der Waals surface area contributed by atoms with Crippen molar-refractivity contribution in [3.05, 3.63) is 38.9 Å². The van der Waals surface area contributed by atoms with Crippen LogP contribution in [-0.2, 0) is 19.1 Å². The molecule has 0 radical (unpaired) electrons. The Morgan fingerprint density at radius 3 is 2.77 bits per heavy atom. The number of carbonyl (C=O) groups excluding carboxylic acids is 3. The van der Waals surface area contributed by atoms with Gasteiger partial charge in [-0.2, -0.15) is 0 Å². The number of ether oxygens (including phenoxy) is 2. The largest absolute Gasteiger partial charge is 0.468 e. The van der Waals surface area contributed by atoms with Crippen LogP contribution in [0, 0.1) is 10.1 Å². The number of esters is 2. The fraction of sp³-hybridized carbons (Fsp3) is 0.400. The molecule has 1 saturated heterocycles. The number of amides is 1. The number of nitro groups is 1. The molecule has 1 atom stereocenters. The summed E-state index contributed by atoms with van der Waals surface area (Å²) in [6, 6.07) is 3.31. The van der Waals surface area contributed by atoms with Gasteiger partial charge >= 0.3 is 11.9 Å². The highest BCUT2D eigenvalue weighted by molar-refractivity contribution is 8.00. The average Bonchev–Trinajstić information content (AvgIpc) is 2.65. The summed E-state index contributed by atoms with van der Waals surface area (Å²) in [6.45, 7) is 0.0730. The van der Waals surface area contributed by atoms with E-state index in [0.29, 0.717) is 12.3 Å². The Kier molecular flexibility index (Phi) is 6.81. The summed E-state index contributed by atoms with van der Waals surface area (Å²) in [6.07, 6.45) is 0. The fourth-order valence-corrected chi connectivity index (χ4v) is 3.61. The van der Waals surface area contributed by atoms with E-state index in [-0.39, 0.29) is 22.8 Å². The first-order chi connectivity index (χ1) is 12.3. The molecule has 2 rings (SSSR count). The molecule has 1 amide bonds. The molecule has 0 bridgehead atoms. The van der Waals surface area contributed by atoms with Gasteiger partial charge in [-0.1, -0.05) is 11.6 Å². The molecule has 26 heavy (non-hydrogen) atoms. The lowest BCUT2D eigenvalue weighted by Crippen LogP contribution is -2.46. The van der Waals surface area contributed by atoms with Crippen molar-refractivity contribution in [3.63, 3.8) is 0 Å². The van der Waals surface area contributed by atoms with E-state index in [1.807, 2.05) is 0 Å². The van der Waals surface area contributed by atoms with E-state index < -0.39 is 34.6 Å². The van der Waals surface area contributed by atoms with Crippen molar-refractivity contribution in [2.24, 2.45) is 0 Å². The van der Waals surface area contributed by atoms with Crippen molar-refractivity contribution in [2.75, 3.05) is 32.6 Å². The van der Waals surface area contributed by atoms with E-state index >= 15 is 0 Å². The minimum absolute atomic E-state index is 0.0771. The first-order valence-electron chi connectivity index (χ1n) is 7.41. The van der Waals surface area contributed by atoms with Crippen molar-refractivity contribution in [2.45, 2.75) is 5.25 Å². The zero-order valence-corrected chi connectivity index (χ0v) is 15.2. The number of non-ortho nitro benzene ring substituents is 1.